The zero-order valence-electron chi connectivity index (χ0n) is 5.85. The second kappa shape index (κ2) is 2.46. The highest BCUT2D eigenvalue weighted by Crippen LogP contribution is 2.21. The number of nitrogens with zero attached hydrogens (tertiary/aromatic N) is 1. The molecule has 0 atom stereocenters. The summed E-state index contributed by atoms with van der Waals surface area (Å²) in [5, 5.41) is 9.63. The van der Waals surface area contributed by atoms with E-state index in [9.17, 15) is 5.11 Å². The minimum absolute atomic E-state index is 0.226. The molecule has 1 heterocycles. The topological polar surface area (TPSA) is 33.1 Å². The largest absolute Gasteiger partial charge is 0.506 e. The van der Waals surface area contributed by atoms with Crippen LogP contribution in [-0.2, 0) is 0 Å². The molecule has 10 heavy (non-hydrogen) atoms. The van der Waals surface area contributed by atoms with E-state index in [1.54, 1.807) is 19.9 Å². The predicted molar refractivity (Wildman–Crippen MR) is 40.4 cm³/mol. The first kappa shape index (κ1) is 7.35. The molecule has 0 aliphatic rings. The molecule has 0 aromatic carbocycles. The summed E-state index contributed by atoms with van der Waals surface area (Å²) in [5.74, 6) is 0.226. The molecule has 1 rings (SSSR count). The number of hydrogen-bond acceptors (Lipinski definition) is 2. The first-order valence-electron chi connectivity index (χ1n) is 2.94. The van der Waals surface area contributed by atoms with Crippen LogP contribution in [0.5, 0.6) is 5.75 Å². The van der Waals surface area contributed by atoms with Gasteiger partial charge in [-0.1, -0.05) is 11.6 Å². The number of pyridine rings is 1. The molecule has 0 bridgehead atoms. The maximum atomic E-state index is 9.21. The van der Waals surface area contributed by atoms with Crippen LogP contribution in [0.25, 0.3) is 0 Å². The lowest BCUT2D eigenvalue weighted by Gasteiger charge is -2.00. The molecular weight excluding hydrogens is 150 g/mol. The Kier molecular flexibility index (Phi) is 1.81. The van der Waals surface area contributed by atoms with E-state index < -0.39 is 0 Å². The van der Waals surface area contributed by atoms with Crippen LogP contribution in [0, 0.1) is 13.8 Å². The van der Waals surface area contributed by atoms with Crippen molar-refractivity contribution in [1.82, 2.24) is 4.98 Å². The quantitative estimate of drug-likeness (QED) is 0.585. The van der Waals surface area contributed by atoms with Gasteiger partial charge in [0.25, 0.3) is 0 Å². The SMILES string of the molecule is Cc1cc(Cl)nc(C)c1O. The average molecular weight is 158 g/mol. The van der Waals surface area contributed by atoms with Crippen molar-refractivity contribution in [2.24, 2.45) is 0 Å². The van der Waals surface area contributed by atoms with Gasteiger partial charge in [0.05, 0.1) is 5.69 Å². The molecule has 0 amide bonds. The Hall–Kier alpha value is -0.760. The Labute approximate surface area is 64.5 Å². The third-order valence-corrected chi connectivity index (χ3v) is 1.52. The van der Waals surface area contributed by atoms with Crippen LogP contribution in [0.4, 0.5) is 0 Å². The average Bonchev–Trinajstić information content (AvgIpc) is 1.82. The number of aromatic hydroxyl groups is 1. The van der Waals surface area contributed by atoms with Gasteiger partial charge >= 0.3 is 0 Å². The minimum Gasteiger partial charge on any atom is -0.506 e. The summed E-state index contributed by atoms with van der Waals surface area (Å²) in [5.41, 5.74) is 1.34. The van der Waals surface area contributed by atoms with Crippen LogP contribution in [0.2, 0.25) is 5.15 Å². The zero-order valence-corrected chi connectivity index (χ0v) is 6.61. The molecular formula is C7H8ClNO. The van der Waals surface area contributed by atoms with Gasteiger partial charge in [0.2, 0.25) is 0 Å². The molecule has 0 radical (unpaired) electrons. The summed E-state index contributed by atoms with van der Waals surface area (Å²) < 4.78 is 0. The summed E-state index contributed by atoms with van der Waals surface area (Å²) >= 11 is 5.60. The number of hydrogen-bond donors (Lipinski definition) is 1. The molecule has 1 aromatic heterocycles. The molecule has 0 unspecified atom stereocenters. The lowest BCUT2D eigenvalue weighted by Crippen LogP contribution is -1.85. The molecule has 0 spiro atoms. The molecule has 2 nitrogen and oxygen atoms in total. The van der Waals surface area contributed by atoms with Crippen molar-refractivity contribution in [3.63, 3.8) is 0 Å². The van der Waals surface area contributed by atoms with Crippen LogP contribution in [0.15, 0.2) is 6.07 Å². The van der Waals surface area contributed by atoms with Crippen molar-refractivity contribution in [2.45, 2.75) is 13.8 Å². The van der Waals surface area contributed by atoms with E-state index in [0.717, 1.165) is 5.56 Å². The number of aryl methyl sites for hydroxylation is 2. The van der Waals surface area contributed by atoms with Crippen LogP contribution in [0.1, 0.15) is 11.3 Å². The molecule has 54 valence electrons. The number of aromatic nitrogens is 1. The van der Waals surface area contributed by atoms with E-state index in [2.05, 4.69) is 4.98 Å². The summed E-state index contributed by atoms with van der Waals surface area (Å²) in [4.78, 5) is 3.85. The van der Waals surface area contributed by atoms with E-state index in [0.29, 0.717) is 10.8 Å². The van der Waals surface area contributed by atoms with E-state index in [1.807, 2.05) is 0 Å². The molecule has 0 saturated heterocycles. The maximum Gasteiger partial charge on any atom is 0.139 e. The highest BCUT2D eigenvalue weighted by molar-refractivity contribution is 6.29. The Balaban J connectivity index is 3.31. The number of rotatable bonds is 0. The second-order valence-electron chi connectivity index (χ2n) is 2.20. The van der Waals surface area contributed by atoms with Crippen LogP contribution >= 0.6 is 11.6 Å². The third-order valence-electron chi connectivity index (χ3n) is 1.33. The standard InChI is InChI=1S/C7H8ClNO/c1-4-3-6(8)9-5(2)7(4)10/h3,10H,1-2H3. The summed E-state index contributed by atoms with van der Waals surface area (Å²) in [6, 6.07) is 1.63. The molecule has 3 heteroatoms. The van der Waals surface area contributed by atoms with Crippen molar-refractivity contribution in [2.75, 3.05) is 0 Å². The summed E-state index contributed by atoms with van der Waals surface area (Å²) in [6.45, 7) is 3.50. The van der Waals surface area contributed by atoms with Gasteiger partial charge in [-0.15, -0.1) is 0 Å². The van der Waals surface area contributed by atoms with Crippen LogP contribution < -0.4 is 0 Å². The van der Waals surface area contributed by atoms with E-state index in [4.69, 9.17) is 11.6 Å². The van der Waals surface area contributed by atoms with Gasteiger partial charge in [0, 0.05) is 0 Å². The molecule has 0 fully saturated rings. The zero-order chi connectivity index (χ0) is 7.72. The molecule has 0 aliphatic heterocycles. The van der Waals surface area contributed by atoms with Gasteiger partial charge in [-0.3, -0.25) is 0 Å². The van der Waals surface area contributed by atoms with Gasteiger partial charge in [-0.05, 0) is 25.5 Å². The fraction of sp³-hybridized carbons (Fsp3) is 0.286. The van der Waals surface area contributed by atoms with Crippen molar-refractivity contribution in [3.8, 4) is 5.75 Å². The smallest absolute Gasteiger partial charge is 0.139 e. The van der Waals surface area contributed by atoms with Gasteiger partial charge in [-0.25, -0.2) is 4.98 Å². The fourth-order valence-electron chi connectivity index (χ4n) is 0.778. The Morgan fingerprint density at radius 1 is 1.50 bits per heavy atom. The predicted octanol–water partition coefficient (Wildman–Crippen LogP) is 2.06. The first-order chi connectivity index (χ1) is 4.61. The second-order valence-corrected chi connectivity index (χ2v) is 2.58. The summed E-state index contributed by atoms with van der Waals surface area (Å²) in [7, 11) is 0. The third kappa shape index (κ3) is 1.21. The first-order valence-corrected chi connectivity index (χ1v) is 3.32. The van der Waals surface area contributed by atoms with Crippen molar-refractivity contribution >= 4 is 11.6 Å². The van der Waals surface area contributed by atoms with Gasteiger partial charge in [0.1, 0.15) is 10.9 Å². The Morgan fingerprint density at radius 2 is 2.10 bits per heavy atom. The molecule has 0 aliphatic carbocycles. The van der Waals surface area contributed by atoms with Crippen LogP contribution in [0.3, 0.4) is 0 Å². The van der Waals surface area contributed by atoms with Crippen molar-refractivity contribution < 1.29 is 5.11 Å². The minimum atomic E-state index is 0.226. The Morgan fingerprint density at radius 3 is 2.60 bits per heavy atom. The molecule has 1 N–H and O–H groups in total. The van der Waals surface area contributed by atoms with E-state index in [1.165, 1.54) is 0 Å². The van der Waals surface area contributed by atoms with Gasteiger partial charge in [-0.2, -0.15) is 0 Å². The molecule has 0 saturated carbocycles. The summed E-state index contributed by atoms with van der Waals surface area (Å²) in [6.07, 6.45) is 0. The monoisotopic (exact) mass is 157 g/mol. The van der Waals surface area contributed by atoms with Gasteiger partial charge in [0.15, 0.2) is 0 Å². The highest BCUT2D eigenvalue weighted by atomic mass is 35.5. The maximum absolute atomic E-state index is 9.21. The fourth-order valence-corrected chi connectivity index (χ4v) is 1.07. The lowest BCUT2D eigenvalue weighted by atomic mass is 10.2. The van der Waals surface area contributed by atoms with Gasteiger partial charge < -0.3 is 5.11 Å². The Bertz CT molecular complexity index is 237. The highest BCUT2D eigenvalue weighted by Gasteiger charge is 2.01. The van der Waals surface area contributed by atoms with Crippen molar-refractivity contribution in [3.05, 3.63) is 22.5 Å². The normalized spacial score (nSPS) is 9.90. The van der Waals surface area contributed by atoms with E-state index >= 15 is 0 Å². The lowest BCUT2D eigenvalue weighted by molar-refractivity contribution is 0.463. The van der Waals surface area contributed by atoms with Crippen LogP contribution in [-0.4, -0.2) is 10.1 Å². The number of halogens is 1. The molecule has 1 aromatic rings. The van der Waals surface area contributed by atoms with E-state index in [-0.39, 0.29) is 5.75 Å². The van der Waals surface area contributed by atoms with Crippen molar-refractivity contribution in [1.29, 1.82) is 0 Å².